The molecule has 0 aliphatic heterocycles. The van der Waals surface area contributed by atoms with E-state index in [0.29, 0.717) is 12.2 Å². The summed E-state index contributed by atoms with van der Waals surface area (Å²) in [6, 6.07) is 18.1. The Morgan fingerprint density at radius 1 is 1.14 bits per heavy atom. The summed E-state index contributed by atoms with van der Waals surface area (Å²) >= 11 is 0. The van der Waals surface area contributed by atoms with Crippen molar-refractivity contribution in [2.45, 2.75) is 19.4 Å². The Morgan fingerprint density at radius 2 is 1.90 bits per heavy atom. The van der Waals surface area contributed by atoms with Crippen LogP contribution >= 0.6 is 0 Å². The average molecular weight is 386 g/mol. The molecule has 2 aromatic heterocycles. The number of aromatic amines is 1. The fourth-order valence-corrected chi connectivity index (χ4v) is 3.19. The third-order valence-electron chi connectivity index (χ3n) is 4.72. The molecule has 0 spiro atoms. The fraction of sp³-hybridized carbons (Fsp3) is 0.130. The predicted octanol–water partition coefficient (Wildman–Crippen LogP) is 4.17. The summed E-state index contributed by atoms with van der Waals surface area (Å²) < 4.78 is 6.05. The highest BCUT2D eigenvalue weighted by Gasteiger charge is 2.15. The molecule has 0 aliphatic rings. The van der Waals surface area contributed by atoms with Gasteiger partial charge in [-0.15, -0.1) is 0 Å². The Labute approximate surface area is 168 Å². The van der Waals surface area contributed by atoms with Crippen LogP contribution < -0.4 is 15.8 Å². The Morgan fingerprint density at radius 3 is 2.66 bits per heavy atom. The van der Waals surface area contributed by atoms with Gasteiger partial charge in [-0.2, -0.15) is 0 Å². The van der Waals surface area contributed by atoms with Gasteiger partial charge in [-0.05, 0) is 54.8 Å². The van der Waals surface area contributed by atoms with Gasteiger partial charge in [-0.25, -0.2) is 4.98 Å². The zero-order valence-electron chi connectivity index (χ0n) is 16.1. The topological polar surface area (TPSA) is 93.0 Å². The zero-order valence-corrected chi connectivity index (χ0v) is 16.1. The van der Waals surface area contributed by atoms with Gasteiger partial charge in [-0.1, -0.05) is 30.3 Å². The molecular formula is C23H22N4O2. The first-order valence-corrected chi connectivity index (χ1v) is 9.41. The van der Waals surface area contributed by atoms with Gasteiger partial charge in [0.2, 0.25) is 5.91 Å². The molecule has 4 rings (SSSR count). The molecule has 29 heavy (non-hydrogen) atoms. The van der Waals surface area contributed by atoms with Gasteiger partial charge in [-0.3, -0.25) is 4.79 Å². The second-order valence-electron chi connectivity index (χ2n) is 6.92. The maximum Gasteiger partial charge on any atom is 0.241 e. The highest BCUT2D eigenvalue weighted by molar-refractivity contribution is 5.94. The van der Waals surface area contributed by atoms with Gasteiger partial charge in [0.1, 0.15) is 17.1 Å². The van der Waals surface area contributed by atoms with E-state index >= 15 is 0 Å². The number of aryl methyl sites for hydroxylation is 1. The van der Waals surface area contributed by atoms with Crippen molar-refractivity contribution in [1.82, 2.24) is 9.97 Å². The molecule has 0 unspecified atom stereocenters. The molecular weight excluding hydrogens is 364 g/mol. The number of nitrogens with zero attached hydrogens (tertiary/aromatic N) is 1. The lowest BCUT2D eigenvalue weighted by Crippen LogP contribution is -2.37. The highest BCUT2D eigenvalue weighted by atomic mass is 16.5. The third-order valence-corrected chi connectivity index (χ3v) is 4.72. The number of hydrogen-bond acceptors (Lipinski definition) is 4. The van der Waals surface area contributed by atoms with Crippen LogP contribution in [0.1, 0.15) is 11.1 Å². The molecule has 1 amide bonds. The van der Waals surface area contributed by atoms with Crippen molar-refractivity contribution in [1.29, 1.82) is 0 Å². The molecule has 0 radical (unpaired) electrons. The van der Waals surface area contributed by atoms with Crippen LogP contribution in [0.5, 0.6) is 11.5 Å². The fourth-order valence-electron chi connectivity index (χ4n) is 3.19. The van der Waals surface area contributed by atoms with Crippen molar-refractivity contribution >= 4 is 22.6 Å². The number of nitrogens with two attached hydrogens (primary N) is 1. The normalized spacial score (nSPS) is 11.9. The Bertz CT molecular complexity index is 1120. The van der Waals surface area contributed by atoms with Crippen molar-refractivity contribution in [3.8, 4) is 11.5 Å². The maximum absolute atomic E-state index is 12.3. The number of anilines is 1. The van der Waals surface area contributed by atoms with E-state index in [2.05, 4.69) is 15.3 Å². The minimum absolute atomic E-state index is 0.210. The summed E-state index contributed by atoms with van der Waals surface area (Å²) in [4.78, 5) is 19.7. The summed E-state index contributed by atoms with van der Waals surface area (Å²) in [5, 5.41) is 3.80. The summed E-state index contributed by atoms with van der Waals surface area (Å²) in [5.41, 5.74) is 9.65. The Kier molecular flexibility index (Phi) is 5.27. The molecule has 6 nitrogen and oxygen atoms in total. The van der Waals surface area contributed by atoms with Gasteiger partial charge in [0.25, 0.3) is 0 Å². The molecule has 2 heterocycles. The van der Waals surface area contributed by atoms with Gasteiger partial charge in [0, 0.05) is 18.1 Å². The first-order chi connectivity index (χ1) is 14.1. The van der Waals surface area contributed by atoms with Crippen LogP contribution in [0.15, 0.2) is 73.1 Å². The van der Waals surface area contributed by atoms with Crippen LogP contribution in [0, 0.1) is 6.92 Å². The standard InChI is InChI=1S/C23H22N4O2/c1-15-14-26-22-21(15)20(11-12-25-22)29-18-9-7-16(8-10-18)13-19(24)23(28)27-17-5-3-2-4-6-17/h2-12,14,19H,13,24H2,1H3,(H,25,26)(H,27,28)/t19-/m1/s1. The SMILES string of the molecule is Cc1c[nH]c2nccc(Oc3ccc(C[C@@H](N)C(=O)Nc4ccccc4)cc3)c12. The van der Waals surface area contributed by atoms with Crippen LogP contribution in [0.4, 0.5) is 5.69 Å². The molecule has 0 aliphatic carbocycles. The van der Waals surface area contributed by atoms with Crippen molar-refractivity contribution in [2.24, 2.45) is 5.73 Å². The average Bonchev–Trinajstić information content (AvgIpc) is 3.12. The number of fused-ring (bicyclic) bond motifs is 1. The van der Waals surface area contributed by atoms with Crippen molar-refractivity contribution in [3.63, 3.8) is 0 Å². The minimum Gasteiger partial charge on any atom is -0.457 e. The number of H-pyrrole nitrogens is 1. The number of hydrogen-bond donors (Lipinski definition) is 3. The molecule has 6 heteroatoms. The number of carbonyl (C=O) groups is 1. The second-order valence-corrected chi connectivity index (χ2v) is 6.92. The first-order valence-electron chi connectivity index (χ1n) is 9.41. The van der Waals surface area contributed by atoms with Crippen LogP contribution in [0.25, 0.3) is 11.0 Å². The van der Waals surface area contributed by atoms with E-state index in [1.165, 1.54) is 0 Å². The number of nitrogens with one attached hydrogen (secondary N) is 2. The maximum atomic E-state index is 12.3. The summed E-state index contributed by atoms with van der Waals surface area (Å²) in [5.74, 6) is 1.25. The molecule has 0 saturated carbocycles. The van der Waals surface area contributed by atoms with Gasteiger partial charge >= 0.3 is 0 Å². The van der Waals surface area contributed by atoms with E-state index in [4.69, 9.17) is 10.5 Å². The quantitative estimate of drug-likeness (QED) is 0.464. The minimum atomic E-state index is -0.635. The van der Waals surface area contributed by atoms with Gasteiger partial charge < -0.3 is 20.8 Å². The lowest BCUT2D eigenvalue weighted by atomic mass is 10.1. The van der Waals surface area contributed by atoms with Crippen LogP contribution in [-0.4, -0.2) is 21.9 Å². The molecule has 0 bridgehead atoms. The monoisotopic (exact) mass is 386 g/mol. The molecule has 1 atom stereocenters. The first kappa shape index (κ1) is 18.7. The lowest BCUT2D eigenvalue weighted by Gasteiger charge is -2.13. The summed E-state index contributed by atoms with van der Waals surface area (Å²) in [6.45, 7) is 2.01. The van der Waals surface area contributed by atoms with E-state index in [1.807, 2.05) is 73.8 Å². The summed E-state index contributed by atoms with van der Waals surface area (Å²) in [6.07, 6.45) is 4.07. The van der Waals surface area contributed by atoms with Crippen LogP contribution in [0.2, 0.25) is 0 Å². The number of pyridine rings is 1. The predicted molar refractivity (Wildman–Crippen MR) is 114 cm³/mol. The van der Waals surface area contributed by atoms with E-state index in [9.17, 15) is 4.79 Å². The molecule has 0 fully saturated rings. The lowest BCUT2D eigenvalue weighted by molar-refractivity contribution is -0.117. The number of para-hydroxylation sites is 1. The van der Waals surface area contributed by atoms with E-state index in [1.54, 1.807) is 6.20 Å². The van der Waals surface area contributed by atoms with Crippen molar-refractivity contribution in [2.75, 3.05) is 5.32 Å². The number of ether oxygens (including phenoxy) is 1. The molecule has 4 N–H and O–H groups in total. The van der Waals surface area contributed by atoms with Crippen LogP contribution in [-0.2, 0) is 11.2 Å². The van der Waals surface area contributed by atoms with Crippen molar-refractivity contribution in [3.05, 3.63) is 84.2 Å². The van der Waals surface area contributed by atoms with Crippen LogP contribution in [0.3, 0.4) is 0 Å². The Hall–Kier alpha value is -3.64. The van der Waals surface area contributed by atoms with E-state index < -0.39 is 6.04 Å². The number of benzene rings is 2. The van der Waals surface area contributed by atoms with E-state index in [0.717, 1.165) is 33.6 Å². The number of rotatable bonds is 6. The largest absolute Gasteiger partial charge is 0.457 e. The number of amides is 1. The summed E-state index contributed by atoms with van der Waals surface area (Å²) in [7, 11) is 0. The molecule has 146 valence electrons. The van der Waals surface area contributed by atoms with Crippen molar-refractivity contribution < 1.29 is 9.53 Å². The van der Waals surface area contributed by atoms with E-state index in [-0.39, 0.29) is 5.91 Å². The zero-order chi connectivity index (χ0) is 20.2. The van der Waals surface area contributed by atoms with Gasteiger partial charge in [0.05, 0.1) is 11.4 Å². The molecule has 2 aromatic carbocycles. The smallest absolute Gasteiger partial charge is 0.241 e. The third kappa shape index (κ3) is 4.28. The highest BCUT2D eigenvalue weighted by Crippen LogP contribution is 2.30. The molecule has 4 aromatic rings. The number of carbonyl (C=O) groups excluding carboxylic acids is 1. The number of aromatic nitrogens is 2. The van der Waals surface area contributed by atoms with Gasteiger partial charge in [0.15, 0.2) is 0 Å². The molecule has 0 saturated heterocycles. The Balaban J connectivity index is 1.41. The second kappa shape index (κ2) is 8.16.